The number of hydrogen-bond donors (Lipinski definition) is 0. The maximum absolute atomic E-state index is 11.7. The van der Waals surface area contributed by atoms with Gasteiger partial charge in [-0.05, 0) is 6.92 Å². The third kappa shape index (κ3) is 3.46. The van der Waals surface area contributed by atoms with E-state index in [-0.39, 0.29) is 13.0 Å². The lowest BCUT2D eigenvalue weighted by molar-refractivity contribution is -0.144. The number of thiazole rings is 1. The van der Waals surface area contributed by atoms with Crippen LogP contribution in [0.5, 0.6) is 0 Å². The van der Waals surface area contributed by atoms with Gasteiger partial charge < -0.3 is 4.74 Å². The summed E-state index contributed by atoms with van der Waals surface area (Å²) in [7, 11) is 2.92. The first-order chi connectivity index (χ1) is 9.88. The number of aromatic nitrogens is 3. The molecule has 2 aromatic heterocycles. The Bertz CT molecular complexity index is 787. The Labute approximate surface area is 124 Å². The molecule has 2 rings (SSSR count). The molecule has 0 aliphatic heterocycles. The van der Waals surface area contributed by atoms with Gasteiger partial charge in [-0.15, -0.1) is 11.3 Å². The third-order valence-corrected chi connectivity index (χ3v) is 3.82. The van der Waals surface area contributed by atoms with Crippen LogP contribution in [0.2, 0.25) is 0 Å². The number of esters is 1. The van der Waals surface area contributed by atoms with Gasteiger partial charge in [0.1, 0.15) is 6.61 Å². The molecule has 21 heavy (non-hydrogen) atoms. The molecule has 8 heteroatoms. The van der Waals surface area contributed by atoms with Gasteiger partial charge in [-0.2, -0.15) is 0 Å². The normalized spacial score (nSPS) is 10.6. The van der Waals surface area contributed by atoms with E-state index >= 15 is 0 Å². The minimum Gasteiger partial charge on any atom is -0.459 e. The van der Waals surface area contributed by atoms with Crippen molar-refractivity contribution in [3.63, 3.8) is 0 Å². The van der Waals surface area contributed by atoms with E-state index in [1.807, 2.05) is 6.92 Å². The van der Waals surface area contributed by atoms with E-state index in [4.69, 9.17) is 4.74 Å². The molecule has 0 N–H and O–H groups in total. The molecule has 0 fully saturated rings. The molecule has 2 aromatic rings. The number of carbonyl (C=O) groups is 1. The van der Waals surface area contributed by atoms with Crippen LogP contribution < -0.4 is 11.2 Å². The molecular formula is C13H15N3O4S. The van der Waals surface area contributed by atoms with Crippen molar-refractivity contribution in [1.82, 2.24) is 14.1 Å². The molecule has 2 heterocycles. The van der Waals surface area contributed by atoms with Gasteiger partial charge in [0.15, 0.2) is 0 Å². The Kier molecular flexibility index (Phi) is 4.37. The molecule has 0 saturated carbocycles. The Morgan fingerprint density at radius 1 is 1.33 bits per heavy atom. The van der Waals surface area contributed by atoms with Crippen molar-refractivity contribution >= 4 is 17.3 Å². The minimum absolute atomic E-state index is 0.0725. The molecule has 0 radical (unpaired) electrons. The zero-order chi connectivity index (χ0) is 15.6. The highest BCUT2D eigenvalue weighted by molar-refractivity contribution is 7.09. The maximum Gasteiger partial charge on any atom is 0.330 e. The summed E-state index contributed by atoms with van der Waals surface area (Å²) in [4.78, 5) is 39.2. The second-order valence-corrected chi connectivity index (χ2v) is 5.63. The molecular weight excluding hydrogens is 294 g/mol. The minimum atomic E-state index is -0.455. The fourth-order valence-corrected chi connectivity index (χ4v) is 2.37. The number of nitrogens with zero attached hydrogens (tertiary/aromatic N) is 3. The van der Waals surface area contributed by atoms with E-state index < -0.39 is 17.2 Å². The van der Waals surface area contributed by atoms with Crippen molar-refractivity contribution in [3.05, 3.63) is 48.7 Å². The van der Waals surface area contributed by atoms with Crippen molar-refractivity contribution in [2.24, 2.45) is 14.1 Å². The first-order valence-corrected chi connectivity index (χ1v) is 7.09. The molecule has 0 aromatic carbocycles. The van der Waals surface area contributed by atoms with Crippen LogP contribution in [-0.2, 0) is 36.7 Å². The van der Waals surface area contributed by atoms with Gasteiger partial charge in [0.2, 0.25) is 0 Å². The van der Waals surface area contributed by atoms with E-state index in [0.717, 1.165) is 9.57 Å². The van der Waals surface area contributed by atoms with Crippen molar-refractivity contribution in [2.75, 3.05) is 0 Å². The average molecular weight is 309 g/mol. The number of ether oxygens (including phenoxy) is 1. The van der Waals surface area contributed by atoms with E-state index in [1.54, 1.807) is 5.38 Å². The SMILES string of the molecule is Cc1nc(CC(=O)OCc2cc(=O)n(C)c(=O)n2C)cs1. The number of carbonyl (C=O) groups excluding carboxylic acids is 1. The van der Waals surface area contributed by atoms with Gasteiger partial charge in [-0.3, -0.25) is 18.7 Å². The highest BCUT2D eigenvalue weighted by Crippen LogP contribution is 2.09. The quantitative estimate of drug-likeness (QED) is 0.750. The Hall–Kier alpha value is -2.22. The lowest BCUT2D eigenvalue weighted by Gasteiger charge is -2.09. The number of aryl methyl sites for hydroxylation is 1. The van der Waals surface area contributed by atoms with E-state index in [9.17, 15) is 14.4 Å². The fraction of sp³-hybridized carbons (Fsp3) is 0.385. The molecule has 0 amide bonds. The van der Waals surface area contributed by atoms with Crippen LogP contribution in [0, 0.1) is 6.92 Å². The van der Waals surface area contributed by atoms with E-state index in [0.29, 0.717) is 11.4 Å². The molecule has 0 atom stereocenters. The van der Waals surface area contributed by atoms with Gasteiger partial charge in [-0.1, -0.05) is 0 Å². The van der Waals surface area contributed by atoms with Crippen LogP contribution in [0.15, 0.2) is 21.0 Å². The van der Waals surface area contributed by atoms with Crippen LogP contribution in [0.3, 0.4) is 0 Å². The van der Waals surface area contributed by atoms with Crippen LogP contribution in [0.1, 0.15) is 16.4 Å². The summed E-state index contributed by atoms with van der Waals surface area (Å²) in [6.45, 7) is 1.73. The maximum atomic E-state index is 11.7. The summed E-state index contributed by atoms with van der Waals surface area (Å²) < 4.78 is 7.36. The van der Waals surface area contributed by atoms with Crippen LogP contribution in [0.4, 0.5) is 0 Å². The van der Waals surface area contributed by atoms with Crippen molar-refractivity contribution in [3.8, 4) is 0 Å². The van der Waals surface area contributed by atoms with Gasteiger partial charge in [0, 0.05) is 25.5 Å². The summed E-state index contributed by atoms with van der Waals surface area (Å²) in [5, 5.41) is 2.68. The monoisotopic (exact) mass is 309 g/mol. The van der Waals surface area contributed by atoms with Crippen LogP contribution in [0.25, 0.3) is 0 Å². The second-order valence-electron chi connectivity index (χ2n) is 4.57. The van der Waals surface area contributed by atoms with Crippen molar-refractivity contribution in [1.29, 1.82) is 0 Å². The standard InChI is InChI=1S/C13H15N3O4S/c1-8-14-9(7-21-8)4-12(18)20-6-10-5-11(17)16(3)13(19)15(10)2/h5,7H,4,6H2,1-3H3. The number of hydrogen-bond acceptors (Lipinski definition) is 6. The first kappa shape index (κ1) is 15.2. The van der Waals surface area contributed by atoms with Crippen molar-refractivity contribution < 1.29 is 9.53 Å². The Balaban J connectivity index is 2.05. The molecule has 0 saturated heterocycles. The van der Waals surface area contributed by atoms with E-state index in [1.165, 1.54) is 36.1 Å². The Morgan fingerprint density at radius 2 is 2.05 bits per heavy atom. The summed E-state index contributed by atoms with van der Waals surface area (Å²) in [6.07, 6.45) is 0.0725. The highest BCUT2D eigenvalue weighted by atomic mass is 32.1. The molecule has 112 valence electrons. The lowest BCUT2D eigenvalue weighted by atomic mass is 10.3. The second kappa shape index (κ2) is 6.04. The average Bonchev–Trinajstić information content (AvgIpc) is 2.84. The summed E-state index contributed by atoms with van der Waals surface area (Å²) >= 11 is 1.46. The predicted octanol–water partition coefficient (Wildman–Crippen LogP) is 0.135. The van der Waals surface area contributed by atoms with Gasteiger partial charge in [-0.25, -0.2) is 9.78 Å². The summed E-state index contributed by atoms with van der Waals surface area (Å²) in [6, 6.07) is 1.28. The molecule has 7 nitrogen and oxygen atoms in total. The molecule has 0 unspecified atom stereocenters. The van der Waals surface area contributed by atoms with E-state index in [2.05, 4.69) is 4.98 Å². The predicted molar refractivity (Wildman–Crippen MR) is 77.3 cm³/mol. The fourth-order valence-electron chi connectivity index (χ4n) is 1.76. The van der Waals surface area contributed by atoms with Crippen LogP contribution in [-0.4, -0.2) is 20.1 Å². The van der Waals surface area contributed by atoms with Gasteiger partial charge in [0.05, 0.1) is 22.8 Å². The highest BCUT2D eigenvalue weighted by Gasteiger charge is 2.11. The Morgan fingerprint density at radius 3 is 2.67 bits per heavy atom. The smallest absolute Gasteiger partial charge is 0.330 e. The largest absolute Gasteiger partial charge is 0.459 e. The zero-order valence-corrected chi connectivity index (χ0v) is 12.8. The summed E-state index contributed by atoms with van der Waals surface area (Å²) in [5.74, 6) is -0.451. The lowest BCUT2D eigenvalue weighted by Crippen LogP contribution is -2.38. The van der Waals surface area contributed by atoms with Gasteiger partial charge >= 0.3 is 11.7 Å². The summed E-state index contributed by atoms with van der Waals surface area (Å²) in [5.41, 5.74) is 0.120. The first-order valence-electron chi connectivity index (χ1n) is 6.21. The molecule has 0 aliphatic rings. The van der Waals surface area contributed by atoms with Gasteiger partial charge in [0.25, 0.3) is 5.56 Å². The molecule has 0 bridgehead atoms. The van der Waals surface area contributed by atoms with Crippen LogP contribution >= 0.6 is 11.3 Å². The number of rotatable bonds is 4. The van der Waals surface area contributed by atoms with Crippen molar-refractivity contribution in [2.45, 2.75) is 20.0 Å². The third-order valence-electron chi connectivity index (χ3n) is 3.00. The molecule has 0 aliphatic carbocycles. The zero-order valence-electron chi connectivity index (χ0n) is 12.0. The molecule has 0 spiro atoms. The topological polar surface area (TPSA) is 83.2 Å².